The van der Waals surface area contributed by atoms with Crippen LogP contribution < -0.4 is 4.68 Å². The predicted molar refractivity (Wildman–Crippen MR) is 56.7 cm³/mol. The third-order valence-electron chi connectivity index (χ3n) is 2.30. The SMILES string of the molecule is Cn1ncnc1-c1cc[n+](CCC(=O)O)nc1. The molecular formula is C10H12N5O2+. The Hall–Kier alpha value is -2.31. The molecule has 2 rings (SSSR count). The van der Waals surface area contributed by atoms with E-state index in [4.69, 9.17) is 5.11 Å². The van der Waals surface area contributed by atoms with E-state index in [0.29, 0.717) is 6.54 Å². The second kappa shape index (κ2) is 4.69. The molecule has 0 aliphatic carbocycles. The molecule has 0 bridgehead atoms. The normalized spacial score (nSPS) is 10.4. The molecular weight excluding hydrogens is 222 g/mol. The zero-order valence-corrected chi connectivity index (χ0v) is 9.32. The monoisotopic (exact) mass is 234 g/mol. The first-order valence-corrected chi connectivity index (χ1v) is 5.09. The molecule has 0 aromatic carbocycles. The van der Waals surface area contributed by atoms with Crippen LogP contribution in [0.5, 0.6) is 0 Å². The van der Waals surface area contributed by atoms with Gasteiger partial charge in [0, 0.05) is 18.7 Å². The van der Waals surface area contributed by atoms with E-state index >= 15 is 0 Å². The van der Waals surface area contributed by atoms with Gasteiger partial charge in [-0.25, -0.2) is 9.67 Å². The van der Waals surface area contributed by atoms with Gasteiger partial charge in [-0.05, 0) is 5.10 Å². The van der Waals surface area contributed by atoms with Crippen LogP contribution >= 0.6 is 0 Å². The molecule has 0 amide bonds. The van der Waals surface area contributed by atoms with Crippen LogP contribution in [0.3, 0.4) is 0 Å². The van der Waals surface area contributed by atoms with Crippen molar-refractivity contribution in [3.05, 3.63) is 24.8 Å². The van der Waals surface area contributed by atoms with E-state index in [-0.39, 0.29) is 6.42 Å². The fraction of sp³-hybridized carbons (Fsp3) is 0.300. The van der Waals surface area contributed by atoms with Crippen LogP contribution in [0.2, 0.25) is 0 Å². The average molecular weight is 234 g/mol. The van der Waals surface area contributed by atoms with Gasteiger partial charge in [0.05, 0.1) is 0 Å². The summed E-state index contributed by atoms with van der Waals surface area (Å²) in [6.07, 6.45) is 4.90. The topological polar surface area (TPSA) is 84.8 Å². The van der Waals surface area contributed by atoms with Crippen LogP contribution in [-0.2, 0) is 18.4 Å². The standard InChI is InChI=1S/C10H11N5O2/c1-14-10(11-7-13-14)8-2-4-15(12-6-8)5-3-9(16)17/h2,4,6-7H,3,5H2,1H3/p+1. The van der Waals surface area contributed by atoms with Crippen LogP contribution in [-0.4, -0.2) is 30.9 Å². The Morgan fingerprint density at radius 3 is 2.94 bits per heavy atom. The van der Waals surface area contributed by atoms with Crippen molar-refractivity contribution in [3.63, 3.8) is 0 Å². The molecule has 88 valence electrons. The van der Waals surface area contributed by atoms with Crippen molar-refractivity contribution in [2.45, 2.75) is 13.0 Å². The number of carbonyl (C=O) groups is 1. The number of nitrogens with zero attached hydrogens (tertiary/aromatic N) is 5. The van der Waals surface area contributed by atoms with E-state index in [1.807, 2.05) is 6.07 Å². The molecule has 0 saturated carbocycles. The van der Waals surface area contributed by atoms with E-state index in [1.165, 1.54) is 6.33 Å². The minimum absolute atomic E-state index is 0.0565. The number of carboxylic acid groups (broad SMARTS) is 1. The van der Waals surface area contributed by atoms with Gasteiger partial charge in [-0.3, -0.25) is 4.79 Å². The molecule has 0 fully saturated rings. The fourth-order valence-corrected chi connectivity index (χ4v) is 1.42. The maximum atomic E-state index is 10.4. The molecule has 0 aliphatic rings. The van der Waals surface area contributed by atoms with Crippen molar-refractivity contribution in [1.82, 2.24) is 19.9 Å². The van der Waals surface area contributed by atoms with E-state index < -0.39 is 5.97 Å². The number of aliphatic carboxylic acids is 1. The number of aryl methyl sites for hydroxylation is 2. The third-order valence-corrected chi connectivity index (χ3v) is 2.30. The van der Waals surface area contributed by atoms with Gasteiger partial charge in [-0.2, -0.15) is 5.10 Å². The number of carboxylic acids is 1. The highest BCUT2D eigenvalue weighted by Gasteiger charge is 2.09. The molecule has 0 radical (unpaired) electrons. The lowest BCUT2D eigenvalue weighted by molar-refractivity contribution is -0.752. The highest BCUT2D eigenvalue weighted by Crippen LogP contribution is 2.11. The van der Waals surface area contributed by atoms with Crippen molar-refractivity contribution < 1.29 is 14.6 Å². The molecule has 0 spiro atoms. The maximum Gasteiger partial charge on any atom is 0.309 e. The van der Waals surface area contributed by atoms with Crippen molar-refractivity contribution in [2.24, 2.45) is 7.05 Å². The Labute approximate surface area is 97.3 Å². The summed E-state index contributed by atoms with van der Waals surface area (Å²) >= 11 is 0. The molecule has 0 saturated heterocycles. The lowest BCUT2D eigenvalue weighted by Gasteiger charge is -1.98. The van der Waals surface area contributed by atoms with E-state index in [0.717, 1.165) is 11.4 Å². The zero-order chi connectivity index (χ0) is 12.3. The van der Waals surface area contributed by atoms with Crippen LogP contribution in [0.25, 0.3) is 11.4 Å². The highest BCUT2D eigenvalue weighted by atomic mass is 16.4. The summed E-state index contributed by atoms with van der Waals surface area (Å²) < 4.78 is 3.23. The first-order chi connectivity index (χ1) is 8.16. The second-order valence-electron chi connectivity index (χ2n) is 3.53. The molecule has 2 heterocycles. The Morgan fingerprint density at radius 1 is 1.59 bits per heavy atom. The Kier molecular flexibility index (Phi) is 3.08. The largest absolute Gasteiger partial charge is 0.481 e. The van der Waals surface area contributed by atoms with Crippen molar-refractivity contribution in [1.29, 1.82) is 0 Å². The van der Waals surface area contributed by atoms with Crippen LogP contribution in [0.1, 0.15) is 6.42 Å². The van der Waals surface area contributed by atoms with Crippen molar-refractivity contribution in [3.8, 4) is 11.4 Å². The van der Waals surface area contributed by atoms with E-state index in [1.54, 1.807) is 28.8 Å². The van der Waals surface area contributed by atoms with Gasteiger partial charge in [0.25, 0.3) is 0 Å². The fourth-order valence-electron chi connectivity index (χ4n) is 1.42. The number of rotatable bonds is 4. The van der Waals surface area contributed by atoms with Gasteiger partial charge in [-0.15, -0.1) is 0 Å². The molecule has 0 aliphatic heterocycles. The lowest BCUT2D eigenvalue weighted by atomic mass is 10.3. The molecule has 0 unspecified atom stereocenters. The van der Waals surface area contributed by atoms with Gasteiger partial charge in [-0.1, -0.05) is 4.68 Å². The quantitative estimate of drug-likeness (QED) is 0.730. The minimum atomic E-state index is -0.836. The zero-order valence-electron chi connectivity index (χ0n) is 9.32. The Balaban J connectivity index is 2.13. The summed E-state index contributed by atoms with van der Waals surface area (Å²) in [5.41, 5.74) is 0.844. The number of hydrogen-bond acceptors (Lipinski definition) is 4. The van der Waals surface area contributed by atoms with Crippen LogP contribution in [0.15, 0.2) is 24.8 Å². The average Bonchev–Trinajstić information content (AvgIpc) is 2.73. The van der Waals surface area contributed by atoms with Crippen molar-refractivity contribution in [2.75, 3.05) is 0 Å². The van der Waals surface area contributed by atoms with Gasteiger partial charge >= 0.3 is 5.97 Å². The number of aromatic nitrogens is 5. The first-order valence-electron chi connectivity index (χ1n) is 5.09. The Morgan fingerprint density at radius 2 is 2.41 bits per heavy atom. The molecule has 2 aromatic heterocycles. The van der Waals surface area contributed by atoms with E-state index in [2.05, 4.69) is 15.2 Å². The van der Waals surface area contributed by atoms with Crippen molar-refractivity contribution >= 4 is 5.97 Å². The second-order valence-corrected chi connectivity index (χ2v) is 3.53. The smallest absolute Gasteiger partial charge is 0.309 e. The molecule has 7 heteroatoms. The summed E-state index contributed by atoms with van der Waals surface area (Å²) in [5.74, 6) is -0.112. The van der Waals surface area contributed by atoms with Gasteiger partial charge in [0.2, 0.25) is 0 Å². The minimum Gasteiger partial charge on any atom is -0.481 e. The third kappa shape index (κ3) is 2.63. The van der Waals surface area contributed by atoms with E-state index in [9.17, 15) is 4.79 Å². The lowest BCUT2D eigenvalue weighted by Crippen LogP contribution is -2.38. The van der Waals surface area contributed by atoms with Crippen LogP contribution in [0, 0.1) is 0 Å². The Bertz CT molecular complexity index is 520. The molecule has 7 nitrogen and oxygen atoms in total. The molecule has 1 N–H and O–H groups in total. The maximum absolute atomic E-state index is 10.4. The molecule has 0 atom stereocenters. The summed E-state index contributed by atoms with van der Waals surface area (Å²) in [5, 5.41) is 16.6. The van der Waals surface area contributed by atoms with Gasteiger partial charge in [0.15, 0.2) is 18.6 Å². The van der Waals surface area contributed by atoms with Crippen LogP contribution in [0.4, 0.5) is 0 Å². The first kappa shape index (κ1) is 11.2. The molecule has 17 heavy (non-hydrogen) atoms. The number of hydrogen-bond donors (Lipinski definition) is 1. The summed E-state index contributed by atoms with van der Waals surface area (Å²) in [7, 11) is 1.80. The summed E-state index contributed by atoms with van der Waals surface area (Å²) in [6.45, 7) is 0.356. The highest BCUT2D eigenvalue weighted by molar-refractivity contribution is 5.66. The van der Waals surface area contributed by atoms with Gasteiger partial charge in [0.1, 0.15) is 18.9 Å². The molecule has 2 aromatic rings. The summed E-state index contributed by atoms with van der Waals surface area (Å²) in [4.78, 5) is 14.5. The summed E-state index contributed by atoms with van der Waals surface area (Å²) in [6, 6.07) is 1.83. The predicted octanol–water partition coefficient (Wildman–Crippen LogP) is -0.361. The van der Waals surface area contributed by atoms with Gasteiger partial charge < -0.3 is 5.11 Å².